The molecule has 1 aliphatic rings. The molecule has 0 aromatic heterocycles. The predicted octanol–water partition coefficient (Wildman–Crippen LogP) is 2.29. The van der Waals surface area contributed by atoms with Gasteiger partial charge >= 0.3 is 0 Å². The van der Waals surface area contributed by atoms with E-state index in [9.17, 15) is 0 Å². The molecule has 2 rings (SSSR count). The summed E-state index contributed by atoms with van der Waals surface area (Å²) < 4.78 is 11.1. The largest absolute Gasteiger partial charge is 0.489 e. The van der Waals surface area contributed by atoms with Gasteiger partial charge in [0, 0.05) is 27.2 Å². The molecule has 1 aliphatic heterocycles. The first-order valence-electron chi connectivity index (χ1n) is 10.00. The van der Waals surface area contributed by atoms with E-state index < -0.39 is 0 Å². The monoisotopic (exact) mass is 376 g/mol. The highest BCUT2D eigenvalue weighted by Crippen LogP contribution is 2.16. The number of methoxy groups -OCH3 is 1. The quantitative estimate of drug-likeness (QED) is 0.512. The maximum atomic E-state index is 5.97. The van der Waals surface area contributed by atoms with Gasteiger partial charge < -0.3 is 25.0 Å². The molecule has 0 spiro atoms. The molecule has 0 saturated carbocycles. The standard InChI is InChI=1S/C21H36N4O2/c1-17-6-5-7-20(14-17)27-18(2)15-23-21(22-3)24-16-19-8-10-25(11-9-19)12-13-26-4/h5-7,14,18-19H,8-13,15-16H2,1-4H3,(H2,22,23,24). The number of hydrogen-bond donors (Lipinski definition) is 2. The van der Waals surface area contributed by atoms with Gasteiger partial charge in [0.1, 0.15) is 11.9 Å². The van der Waals surface area contributed by atoms with E-state index in [2.05, 4.69) is 46.5 Å². The fourth-order valence-corrected chi connectivity index (χ4v) is 3.30. The van der Waals surface area contributed by atoms with E-state index in [4.69, 9.17) is 9.47 Å². The number of hydrogen-bond acceptors (Lipinski definition) is 4. The van der Waals surface area contributed by atoms with E-state index in [1.807, 2.05) is 19.2 Å². The third-order valence-corrected chi connectivity index (χ3v) is 4.98. The SMILES string of the molecule is CN=C(NCC1CCN(CCOC)CC1)NCC(C)Oc1cccc(C)c1. The Morgan fingerprint density at radius 2 is 2.07 bits per heavy atom. The summed E-state index contributed by atoms with van der Waals surface area (Å²) in [5.74, 6) is 2.45. The van der Waals surface area contributed by atoms with E-state index in [0.717, 1.165) is 44.5 Å². The van der Waals surface area contributed by atoms with Crippen LogP contribution < -0.4 is 15.4 Å². The van der Waals surface area contributed by atoms with E-state index in [0.29, 0.717) is 12.5 Å². The summed E-state index contributed by atoms with van der Waals surface area (Å²) in [6.45, 7) is 9.99. The third-order valence-electron chi connectivity index (χ3n) is 4.98. The molecule has 1 atom stereocenters. The lowest BCUT2D eigenvalue weighted by molar-refractivity contribution is 0.121. The van der Waals surface area contributed by atoms with Crippen molar-refractivity contribution in [3.63, 3.8) is 0 Å². The lowest BCUT2D eigenvalue weighted by Crippen LogP contribution is -2.45. The third kappa shape index (κ3) is 8.18. The summed E-state index contributed by atoms with van der Waals surface area (Å²) in [7, 11) is 3.58. The minimum absolute atomic E-state index is 0.0642. The van der Waals surface area contributed by atoms with Gasteiger partial charge in [-0.25, -0.2) is 0 Å². The molecule has 0 bridgehead atoms. The number of nitrogens with zero attached hydrogens (tertiary/aromatic N) is 2. The summed E-state index contributed by atoms with van der Waals surface area (Å²) in [6, 6.07) is 8.15. The van der Waals surface area contributed by atoms with Crippen LogP contribution in [0.2, 0.25) is 0 Å². The molecule has 0 amide bonds. The Labute approximate surface area is 164 Å². The number of nitrogens with one attached hydrogen (secondary N) is 2. The van der Waals surface area contributed by atoms with Crippen LogP contribution in [0.15, 0.2) is 29.3 Å². The number of ether oxygens (including phenoxy) is 2. The van der Waals surface area contributed by atoms with Gasteiger partial charge in [-0.2, -0.15) is 0 Å². The molecule has 1 aromatic carbocycles. The van der Waals surface area contributed by atoms with Crippen LogP contribution in [0, 0.1) is 12.8 Å². The first kappa shape index (κ1) is 21.5. The lowest BCUT2D eigenvalue weighted by Gasteiger charge is -2.32. The second kappa shape index (κ2) is 11.8. The molecular weight excluding hydrogens is 340 g/mol. The Morgan fingerprint density at radius 1 is 1.30 bits per heavy atom. The van der Waals surface area contributed by atoms with Gasteiger partial charge in [-0.05, 0) is 63.4 Å². The minimum atomic E-state index is 0.0642. The van der Waals surface area contributed by atoms with Gasteiger partial charge in [0.25, 0.3) is 0 Å². The van der Waals surface area contributed by atoms with Crippen LogP contribution in [0.5, 0.6) is 5.75 Å². The summed E-state index contributed by atoms with van der Waals surface area (Å²) >= 11 is 0. The van der Waals surface area contributed by atoms with Gasteiger partial charge in [-0.3, -0.25) is 4.99 Å². The van der Waals surface area contributed by atoms with Crippen molar-refractivity contribution in [3.05, 3.63) is 29.8 Å². The molecule has 1 unspecified atom stereocenters. The molecular formula is C21H36N4O2. The van der Waals surface area contributed by atoms with Crippen molar-refractivity contribution in [2.45, 2.75) is 32.8 Å². The average Bonchev–Trinajstić information content (AvgIpc) is 2.67. The number of piperidine rings is 1. The number of rotatable bonds is 9. The van der Waals surface area contributed by atoms with E-state index in [1.54, 1.807) is 7.11 Å². The summed E-state index contributed by atoms with van der Waals surface area (Å²) in [4.78, 5) is 6.82. The number of guanidine groups is 1. The van der Waals surface area contributed by atoms with Crippen molar-refractivity contribution in [1.29, 1.82) is 0 Å². The molecule has 1 saturated heterocycles. The smallest absolute Gasteiger partial charge is 0.191 e. The van der Waals surface area contributed by atoms with Crippen LogP contribution in [0.4, 0.5) is 0 Å². The molecule has 152 valence electrons. The molecule has 0 aliphatic carbocycles. The molecule has 6 heteroatoms. The highest BCUT2D eigenvalue weighted by Gasteiger charge is 2.19. The second-order valence-corrected chi connectivity index (χ2v) is 7.36. The Kier molecular flexibility index (Phi) is 9.42. The Morgan fingerprint density at radius 3 is 2.74 bits per heavy atom. The Balaban J connectivity index is 1.64. The van der Waals surface area contributed by atoms with Crippen molar-refractivity contribution in [3.8, 4) is 5.75 Å². The number of benzene rings is 1. The number of likely N-dealkylation sites (tertiary alicyclic amines) is 1. The van der Waals surface area contributed by atoms with E-state index in [1.165, 1.54) is 18.4 Å². The average molecular weight is 377 g/mol. The first-order chi connectivity index (χ1) is 13.1. The second-order valence-electron chi connectivity index (χ2n) is 7.36. The molecule has 27 heavy (non-hydrogen) atoms. The van der Waals surface area contributed by atoms with Crippen LogP contribution in [0.25, 0.3) is 0 Å². The summed E-state index contributed by atoms with van der Waals surface area (Å²) in [5, 5.41) is 6.83. The molecule has 2 N–H and O–H groups in total. The van der Waals surface area contributed by atoms with Gasteiger partial charge in [0.15, 0.2) is 5.96 Å². The zero-order valence-corrected chi connectivity index (χ0v) is 17.3. The number of aliphatic imine (C=N–C) groups is 1. The van der Waals surface area contributed by atoms with Crippen molar-refractivity contribution in [2.75, 3.05) is 53.5 Å². The van der Waals surface area contributed by atoms with Crippen LogP contribution in [0.3, 0.4) is 0 Å². The van der Waals surface area contributed by atoms with Crippen LogP contribution in [-0.2, 0) is 4.74 Å². The van der Waals surface area contributed by atoms with Gasteiger partial charge in [0.2, 0.25) is 0 Å². The fourth-order valence-electron chi connectivity index (χ4n) is 3.30. The zero-order chi connectivity index (χ0) is 19.5. The topological polar surface area (TPSA) is 58.1 Å². The molecule has 1 aromatic rings. The number of aryl methyl sites for hydroxylation is 1. The Bertz CT molecular complexity index is 571. The van der Waals surface area contributed by atoms with Gasteiger partial charge in [-0.1, -0.05) is 12.1 Å². The molecule has 6 nitrogen and oxygen atoms in total. The molecule has 0 radical (unpaired) electrons. The van der Waals surface area contributed by atoms with Crippen LogP contribution >= 0.6 is 0 Å². The van der Waals surface area contributed by atoms with Crippen molar-refractivity contribution in [2.24, 2.45) is 10.9 Å². The van der Waals surface area contributed by atoms with Gasteiger partial charge in [0.05, 0.1) is 13.2 Å². The van der Waals surface area contributed by atoms with Gasteiger partial charge in [-0.15, -0.1) is 0 Å². The summed E-state index contributed by atoms with van der Waals surface area (Å²) in [5.41, 5.74) is 1.21. The lowest BCUT2D eigenvalue weighted by atomic mass is 9.97. The maximum Gasteiger partial charge on any atom is 0.191 e. The zero-order valence-electron chi connectivity index (χ0n) is 17.3. The highest BCUT2D eigenvalue weighted by atomic mass is 16.5. The molecule has 1 heterocycles. The predicted molar refractivity (Wildman–Crippen MR) is 112 cm³/mol. The van der Waals surface area contributed by atoms with Crippen LogP contribution in [-0.4, -0.2) is 70.5 Å². The first-order valence-corrected chi connectivity index (χ1v) is 10.00. The minimum Gasteiger partial charge on any atom is -0.489 e. The normalized spacial score (nSPS) is 17.6. The fraction of sp³-hybridized carbons (Fsp3) is 0.667. The van der Waals surface area contributed by atoms with Crippen molar-refractivity contribution in [1.82, 2.24) is 15.5 Å². The maximum absolute atomic E-state index is 5.97. The van der Waals surface area contributed by atoms with E-state index >= 15 is 0 Å². The Hall–Kier alpha value is -1.79. The van der Waals surface area contributed by atoms with Crippen molar-refractivity contribution < 1.29 is 9.47 Å². The van der Waals surface area contributed by atoms with Crippen LogP contribution in [0.1, 0.15) is 25.3 Å². The summed E-state index contributed by atoms with van der Waals surface area (Å²) in [6.07, 6.45) is 2.51. The van der Waals surface area contributed by atoms with E-state index in [-0.39, 0.29) is 6.10 Å². The molecule has 1 fully saturated rings. The van der Waals surface area contributed by atoms with Crippen molar-refractivity contribution >= 4 is 5.96 Å². The highest BCUT2D eigenvalue weighted by molar-refractivity contribution is 5.79.